The van der Waals surface area contributed by atoms with Crippen LogP contribution in [0.5, 0.6) is 0 Å². The van der Waals surface area contributed by atoms with Gasteiger partial charge in [-0.1, -0.05) is 31.5 Å². The lowest BCUT2D eigenvalue weighted by Gasteiger charge is -2.21. The van der Waals surface area contributed by atoms with Crippen molar-refractivity contribution >= 4 is 10.8 Å². The molecule has 2 atom stereocenters. The molecule has 0 aliphatic carbocycles. The maximum atomic E-state index is 12.1. The molecule has 0 radical (unpaired) electrons. The van der Waals surface area contributed by atoms with Crippen molar-refractivity contribution in [2.75, 3.05) is 5.75 Å². The van der Waals surface area contributed by atoms with E-state index in [-0.39, 0.29) is 0 Å². The molecule has 3 heteroatoms. The summed E-state index contributed by atoms with van der Waals surface area (Å²) in [5, 5.41) is 3.59. The lowest BCUT2D eigenvalue weighted by atomic mass is 10.00. The van der Waals surface area contributed by atoms with Crippen LogP contribution in [-0.2, 0) is 10.8 Å². The molecular formula is C14H21NOS. The first-order valence-corrected chi connectivity index (χ1v) is 7.65. The highest BCUT2D eigenvalue weighted by Crippen LogP contribution is 2.30. The van der Waals surface area contributed by atoms with Crippen LogP contribution in [0.2, 0.25) is 0 Å². The standard InChI is InChI=1S/C14H21NOS/c1-10(2)15-13-5-4-8-17(16)14-7-6-11(3)9-12(13)14/h6-7,9-10,13,15H,4-5,8H2,1-3H3. The Morgan fingerprint density at radius 3 is 2.88 bits per heavy atom. The van der Waals surface area contributed by atoms with E-state index in [1.165, 1.54) is 11.1 Å². The average molecular weight is 251 g/mol. The molecule has 1 aliphatic heterocycles. The first-order chi connectivity index (χ1) is 8.08. The van der Waals surface area contributed by atoms with Gasteiger partial charge in [-0.15, -0.1) is 0 Å². The van der Waals surface area contributed by atoms with Gasteiger partial charge in [0.15, 0.2) is 0 Å². The lowest BCUT2D eigenvalue weighted by molar-refractivity contribution is 0.447. The molecule has 0 saturated heterocycles. The third kappa shape index (κ3) is 2.96. The third-order valence-corrected chi connectivity index (χ3v) is 4.66. The van der Waals surface area contributed by atoms with Gasteiger partial charge in [0.1, 0.15) is 0 Å². The molecular weight excluding hydrogens is 230 g/mol. The highest BCUT2D eigenvalue weighted by Gasteiger charge is 2.22. The zero-order valence-electron chi connectivity index (χ0n) is 10.8. The maximum absolute atomic E-state index is 12.1. The summed E-state index contributed by atoms with van der Waals surface area (Å²) in [6.45, 7) is 6.43. The molecule has 0 aromatic heterocycles. The molecule has 1 aliphatic rings. The number of fused-ring (bicyclic) bond motifs is 1. The van der Waals surface area contributed by atoms with Crippen LogP contribution in [0.25, 0.3) is 0 Å². The van der Waals surface area contributed by atoms with E-state index in [2.05, 4.69) is 38.2 Å². The lowest BCUT2D eigenvalue weighted by Crippen LogP contribution is -2.28. The van der Waals surface area contributed by atoms with E-state index >= 15 is 0 Å². The summed E-state index contributed by atoms with van der Waals surface area (Å²) in [6, 6.07) is 7.12. The smallest absolute Gasteiger partial charge is 0.0532 e. The summed E-state index contributed by atoms with van der Waals surface area (Å²) in [5.74, 6) is 0.798. The highest BCUT2D eigenvalue weighted by atomic mass is 32.2. The van der Waals surface area contributed by atoms with Crippen LogP contribution >= 0.6 is 0 Å². The first-order valence-electron chi connectivity index (χ1n) is 6.33. The fraction of sp³-hybridized carbons (Fsp3) is 0.571. The molecule has 1 N–H and O–H groups in total. The van der Waals surface area contributed by atoms with Crippen LogP contribution in [0.3, 0.4) is 0 Å². The van der Waals surface area contributed by atoms with E-state index < -0.39 is 10.8 Å². The fourth-order valence-corrected chi connectivity index (χ4v) is 3.74. The van der Waals surface area contributed by atoms with E-state index in [0.29, 0.717) is 12.1 Å². The minimum atomic E-state index is -0.816. The summed E-state index contributed by atoms with van der Waals surface area (Å²) in [7, 11) is -0.816. The van der Waals surface area contributed by atoms with Crippen molar-refractivity contribution < 1.29 is 4.21 Å². The maximum Gasteiger partial charge on any atom is 0.0532 e. The Hall–Kier alpha value is -0.670. The second-order valence-corrected chi connectivity index (χ2v) is 6.65. The van der Waals surface area contributed by atoms with Gasteiger partial charge in [-0.25, -0.2) is 0 Å². The monoisotopic (exact) mass is 251 g/mol. The largest absolute Gasteiger partial charge is 0.308 e. The van der Waals surface area contributed by atoms with Crippen molar-refractivity contribution in [2.24, 2.45) is 0 Å². The average Bonchev–Trinajstić information content (AvgIpc) is 2.39. The predicted molar refractivity (Wildman–Crippen MR) is 72.7 cm³/mol. The number of rotatable bonds is 2. The molecule has 1 aromatic rings. The number of hydrogen-bond acceptors (Lipinski definition) is 2. The van der Waals surface area contributed by atoms with E-state index in [0.717, 1.165) is 23.5 Å². The number of nitrogens with one attached hydrogen (secondary N) is 1. The van der Waals surface area contributed by atoms with Crippen molar-refractivity contribution in [1.29, 1.82) is 0 Å². The van der Waals surface area contributed by atoms with Crippen LogP contribution in [-0.4, -0.2) is 16.0 Å². The van der Waals surface area contributed by atoms with E-state index in [1.54, 1.807) is 0 Å². The highest BCUT2D eigenvalue weighted by molar-refractivity contribution is 7.85. The molecule has 1 heterocycles. The minimum absolute atomic E-state index is 0.358. The second kappa shape index (κ2) is 5.32. The van der Waals surface area contributed by atoms with Gasteiger partial charge in [0.05, 0.1) is 10.8 Å². The Morgan fingerprint density at radius 2 is 2.18 bits per heavy atom. The Labute approximate surface area is 106 Å². The molecule has 0 saturated carbocycles. The van der Waals surface area contributed by atoms with Crippen molar-refractivity contribution in [3.63, 3.8) is 0 Å². The number of benzene rings is 1. The SMILES string of the molecule is Cc1ccc2c(c1)C(NC(C)C)CCCS2=O. The summed E-state index contributed by atoms with van der Waals surface area (Å²) in [6.07, 6.45) is 2.12. The third-order valence-electron chi connectivity index (χ3n) is 3.14. The number of aryl methyl sites for hydroxylation is 1. The van der Waals surface area contributed by atoms with Crippen LogP contribution in [0.1, 0.15) is 43.9 Å². The molecule has 94 valence electrons. The van der Waals surface area contributed by atoms with Crippen molar-refractivity contribution in [3.8, 4) is 0 Å². The van der Waals surface area contributed by atoms with Crippen molar-refractivity contribution in [1.82, 2.24) is 5.32 Å². The molecule has 2 unspecified atom stereocenters. The van der Waals surface area contributed by atoms with Crippen LogP contribution < -0.4 is 5.32 Å². The first kappa shape index (κ1) is 12.8. The number of hydrogen-bond donors (Lipinski definition) is 1. The normalized spacial score (nSPS) is 24.5. The van der Waals surface area contributed by atoms with E-state index in [4.69, 9.17) is 0 Å². The van der Waals surface area contributed by atoms with Gasteiger partial charge in [0.2, 0.25) is 0 Å². The summed E-state index contributed by atoms with van der Waals surface area (Å²) in [4.78, 5) is 1.03. The van der Waals surface area contributed by atoms with Gasteiger partial charge >= 0.3 is 0 Å². The topological polar surface area (TPSA) is 29.1 Å². The predicted octanol–water partition coefficient (Wildman–Crippen LogP) is 2.94. The van der Waals surface area contributed by atoms with E-state index in [1.807, 2.05) is 6.07 Å². The molecule has 0 amide bonds. The Kier molecular flexibility index (Phi) is 4.00. The van der Waals surface area contributed by atoms with Gasteiger partial charge in [0, 0.05) is 22.7 Å². The molecule has 0 spiro atoms. The van der Waals surface area contributed by atoms with Gasteiger partial charge in [-0.05, 0) is 31.4 Å². The molecule has 0 bridgehead atoms. The van der Waals surface area contributed by atoms with Crippen LogP contribution in [0, 0.1) is 6.92 Å². The van der Waals surface area contributed by atoms with Crippen LogP contribution in [0.15, 0.2) is 23.1 Å². The van der Waals surface area contributed by atoms with Gasteiger partial charge in [-0.2, -0.15) is 0 Å². The summed E-state index contributed by atoms with van der Waals surface area (Å²) >= 11 is 0. The van der Waals surface area contributed by atoms with Crippen molar-refractivity contribution in [2.45, 2.75) is 50.6 Å². The van der Waals surface area contributed by atoms with Gasteiger partial charge < -0.3 is 5.32 Å². The molecule has 1 aromatic carbocycles. The quantitative estimate of drug-likeness (QED) is 0.875. The Morgan fingerprint density at radius 1 is 1.41 bits per heavy atom. The molecule has 2 nitrogen and oxygen atoms in total. The zero-order chi connectivity index (χ0) is 12.4. The molecule has 17 heavy (non-hydrogen) atoms. The van der Waals surface area contributed by atoms with Crippen LogP contribution in [0.4, 0.5) is 0 Å². The van der Waals surface area contributed by atoms with Gasteiger partial charge in [-0.3, -0.25) is 4.21 Å². The minimum Gasteiger partial charge on any atom is -0.308 e. The van der Waals surface area contributed by atoms with E-state index in [9.17, 15) is 4.21 Å². The second-order valence-electron chi connectivity index (χ2n) is 5.11. The van der Waals surface area contributed by atoms with Crippen molar-refractivity contribution in [3.05, 3.63) is 29.3 Å². The molecule has 0 fully saturated rings. The molecule has 2 rings (SSSR count). The fourth-order valence-electron chi connectivity index (χ4n) is 2.41. The zero-order valence-corrected chi connectivity index (χ0v) is 11.6. The van der Waals surface area contributed by atoms with Gasteiger partial charge in [0.25, 0.3) is 0 Å². The Bertz CT molecular complexity index is 428. The summed E-state index contributed by atoms with van der Waals surface area (Å²) in [5.41, 5.74) is 2.49. The Balaban J connectivity index is 2.41. The summed E-state index contributed by atoms with van der Waals surface area (Å²) < 4.78 is 12.1.